The van der Waals surface area contributed by atoms with Gasteiger partial charge in [0.05, 0.1) is 0 Å². The maximum absolute atomic E-state index is 11.5. The van der Waals surface area contributed by atoms with E-state index in [4.69, 9.17) is 0 Å². The molecule has 4 heteroatoms. The van der Waals surface area contributed by atoms with Crippen LogP contribution in [0.1, 0.15) is 26.3 Å². The number of piperidine rings is 1. The topological polar surface area (TPSA) is 43.8 Å². The second-order valence-corrected chi connectivity index (χ2v) is 7.32. The second kappa shape index (κ2) is 5.02. The minimum atomic E-state index is -0.781. The fourth-order valence-corrected chi connectivity index (χ4v) is 3.80. The van der Waals surface area contributed by atoms with Crippen LogP contribution < -0.4 is 0 Å². The largest absolute Gasteiger partial charge is 0.465 e. The highest BCUT2D eigenvalue weighted by Gasteiger charge is 2.61. The molecular formula is C17H24N2O2. The van der Waals surface area contributed by atoms with Crippen molar-refractivity contribution in [3.63, 3.8) is 0 Å². The minimum absolute atomic E-state index is 0.217. The van der Waals surface area contributed by atoms with Gasteiger partial charge in [-0.15, -0.1) is 0 Å². The SMILES string of the molecule is CC(C)(C)N(C(=O)O)C1[C@H]2CN(Cc3ccccc3)C[C@@H]12. The summed E-state index contributed by atoms with van der Waals surface area (Å²) < 4.78 is 0. The van der Waals surface area contributed by atoms with Crippen LogP contribution in [0.4, 0.5) is 4.79 Å². The van der Waals surface area contributed by atoms with Crippen molar-refractivity contribution in [2.45, 2.75) is 38.9 Å². The summed E-state index contributed by atoms with van der Waals surface area (Å²) >= 11 is 0. The number of hydrogen-bond acceptors (Lipinski definition) is 2. The Morgan fingerprint density at radius 3 is 2.29 bits per heavy atom. The first-order valence-electron chi connectivity index (χ1n) is 7.66. The summed E-state index contributed by atoms with van der Waals surface area (Å²) in [6.07, 6.45) is -0.781. The maximum atomic E-state index is 11.5. The Morgan fingerprint density at radius 2 is 1.81 bits per heavy atom. The number of likely N-dealkylation sites (tertiary alicyclic amines) is 1. The van der Waals surface area contributed by atoms with Crippen molar-refractivity contribution in [2.24, 2.45) is 11.8 Å². The number of carbonyl (C=O) groups is 1. The van der Waals surface area contributed by atoms with Gasteiger partial charge in [0.25, 0.3) is 0 Å². The molecule has 2 aliphatic rings. The molecule has 4 nitrogen and oxygen atoms in total. The van der Waals surface area contributed by atoms with Gasteiger partial charge >= 0.3 is 6.09 Å². The zero-order valence-electron chi connectivity index (χ0n) is 13.0. The van der Waals surface area contributed by atoms with Crippen molar-refractivity contribution < 1.29 is 9.90 Å². The molecule has 3 rings (SSSR count). The molecule has 1 saturated heterocycles. The quantitative estimate of drug-likeness (QED) is 0.930. The van der Waals surface area contributed by atoms with Crippen molar-refractivity contribution in [1.82, 2.24) is 9.80 Å². The van der Waals surface area contributed by atoms with E-state index < -0.39 is 6.09 Å². The highest BCUT2D eigenvalue weighted by atomic mass is 16.4. The number of carboxylic acid groups (broad SMARTS) is 1. The smallest absolute Gasteiger partial charge is 0.408 e. The minimum Gasteiger partial charge on any atom is -0.465 e. The Morgan fingerprint density at radius 1 is 1.24 bits per heavy atom. The number of hydrogen-bond donors (Lipinski definition) is 1. The van der Waals surface area contributed by atoms with Gasteiger partial charge in [-0.2, -0.15) is 0 Å². The average Bonchev–Trinajstić information content (AvgIpc) is 2.84. The predicted octanol–water partition coefficient (Wildman–Crippen LogP) is 2.90. The molecule has 21 heavy (non-hydrogen) atoms. The van der Waals surface area contributed by atoms with Crippen molar-refractivity contribution >= 4 is 6.09 Å². The van der Waals surface area contributed by atoms with E-state index in [9.17, 15) is 9.90 Å². The molecule has 0 radical (unpaired) electrons. The lowest BCUT2D eigenvalue weighted by Crippen LogP contribution is -2.49. The predicted molar refractivity (Wildman–Crippen MR) is 82.1 cm³/mol. The summed E-state index contributed by atoms with van der Waals surface area (Å²) in [5.74, 6) is 1.04. The van der Waals surface area contributed by atoms with Crippen LogP contribution >= 0.6 is 0 Å². The summed E-state index contributed by atoms with van der Waals surface area (Å²) in [5, 5.41) is 9.49. The molecule has 0 spiro atoms. The fourth-order valence-electron chi connectivity index (χ4n) is 3.80. The average molecular weight is 288 g/mol. The summed E-state index contributed by atoms with van der Waals surface area (Å²) in [6.45, 7) is 8.96. The Kier molecular flexibility index (Phi) is 3.44. The van der Waals surface area contributed by atoms with Crippen LogP contribution in [0.15, 0.2) is 30.3 Å². The molecule has 2 fully saturated rings. The van der Waals surface area contributed by atoms with Crippen molar-refractivity contribution in [3.8, 4) is 0 Å². The number of amides is 1. The van der Waals surface area contributed by atoms with Crippen LogP contribution in [-0.2, 0) is 6.54 Å². The van der Waals surface area contributed by atoms with Gasteiger partial charge in [0.2, 0.25) is 0 Å². The van der Waals surface area contributed by atoms with Crippen LogP contribution in [0.3, 0.4) is 0 Å². The highest BCUT2D eigenvalue weighted by molar-refractivity contribution is 5.67. The number of nitrogens with zero attached hydrogens (tertiary/aromatic N) is 2. The molecule has 1 N–H and O–H groups in total. The standard InChI is InChI=1S/C17H24N2O2/c1-17(2,3)19(16(20)21)15-13-10-18(11-14(13)15)9-12-7-5-4-6-8-12/h4-8,13-15H,9-11H2,1-3H3,(H,20,21)/t13-,14+,15?. The zero-order chi connectivity index (χ0) is 15.2. The van der Waals surface area contributed by atoms with Crippen molar-refractivity contribution in [3.05, 3.63) is 35.9 Å². The summed E-state index contributed by atoms with van der Waals surface area (Å²) in [6, 6.07) is 10.7. The number of fused-ring (bicyclic) bond motifs is 1. The molecule has 114 valence electrons. The number of rotatable bonds is 3. The van der Waals surface area contributed by atoms with Crippen LogP contribution in [0.2, 0.25) is 0 Å². The lowest BCUT2D eigenvalue weighted by molar-refractivity contribution is 0.0811. The summed E-state index contributed by atoms with van der Waals surface area (Å²) in [4.78, 5) is 15.7. The van der Waals surface area contributed by atoms with E-state index in [2.05, 4.69) is 29.2 Å². The van der Waals surface area contributed by atoms with Gasteiger partial charge in [0, 0.05) is 31.2 Å². The van der Waals surface area contributed by atoms with Gasteiger partial charge in [-0.1, -0.05) is 30.3 Å². The van der Waals surface area contributed by atoms with E-state index in [-0.39, 0.29) is 11.6 Å². The lowest BCUT2D eigenvalue weighted by atomic mass is 10.1. The highest BCUT2D eigenvalue weighted by Crippen LogP contribution is 2.51. The van der Waals surface area contributed by atoms with Gasteiger partial charge in [-0.25, -0.2) is 4.79 Å². The molecule has 0 aromatic heterocycles. The van der Waals surface area contributed by atoms with Crippen LogP contribution in [0, 0.1) is 11.8 Å². The zero-order valence-corrected chi connectivity index (χ0v) is 13.0. The van der Waals surface area contributed by atoms with E-state index in [1.165, 1.54) is 5.56 Å². The lowest BCUT2D eigenvalue weighted by Gasteiger charge is -2.35. The van der Waals surface area contributed by atoms with Gasteiger partial charge in [-0.3, -0.25) is 9.80 Å². The Balaban J connectivity index is 1.60. The van der Waals surface area contributed by atoms with E-state index in [1.807, 2.05) is 26.8 Å². The summed E-state index contributed by atoms with van der Waals surface area (Å²) in [5.41, 5.74) is 1.02. The van der Waals surface area contributed by atoms with Crippen LogP contribution in [0.5, 0.6) is 0 Å². The fraction of sp³-hybridized carbons (Fsp3) is 0.588. The van der Waals surface area contributed by atoms with Crippen molar-refractivity contribution in [2.75, 3.05) is 13.1 Å². The van der Waals surface area contributed by atoms with Gasteiger partial charge in [-0.05, 0) is 38.2 Å². The van der Waals surface area contributed by atoms with Crippen LogP contribution in [-0.4, -0.2) is 45.7 Å². The molecule has 1 aliphatic carbocycles. The molecule has 1 aromatic rings. The molecule has 0 bridgehead atoms. The number of benzene rings is 1. The Bertz CT molecular complexity index is 511. The normalized spacial score (nSPS) is 28.2. The van der Waals surface area contributed by atoms with Crippen LogP contribution in [0.25, 0.3) is 0 Å². The molecular weight excluding hydrogens is 264 g/mol. The van der Waals surface area contributed by atoms with E-state index >= 15 is 0 Å². The molecule has 1 unspecified atom stereocenters. The molecule has 1 aliphatic heterocycles. The molecule has 1 amide bonds. The first-order valence-corrected chi connectivity index (χ1v) is 7.66. The second-order valence-electron chi connectivity index (χ2n) is 7.32. The maximum Gasteiger partial charge on any atom is 0.408 e. The van der Waals surface area contributed by atoms with E-state index in [1.54, 1.807) is 4.90 Å². The third-order valence-corrected chi connectivity index (χ3v) is 4.70. The van der Waals surface area contributed by atoms with E-state index in [0.717, 1.165) is 19.6 Å². The molecule has 3 atom stereocenters. The van der Waals surface area contributed by atoms with Crippen molar-refractivity contribution in [1.29, 1.82) is 0 Å². The monoisotopic (exact) mass is 288 g/mol. The van der Waals surface area contributed by atoms with Gasteiger partial charge in [0.1, 0.15) is 0 Å². The summed E-state index contributed by atoms with van der Waals surface area (Å²) in [7, 11) is 0. The first-order chi connectivity index (χ1) is 9.88. The third-order valence-electron chi connectivity index (χ3n) is 4.70. The first kappa shape index (κ1) is 14.4. The van der Waals surface area contributed by atoms with E-state index in [0.29, 0.717) is 11.8 Å². The Hall–Kier alpha value is -1.55. The molecule has 1 aromatic carbocycles. The molecule has 1 saturated carbocycles. The molecule has 1 heterocycles. The third kappa shape index (κ3) is 2.77. The Labute approximate surface area is 126 Å². The van der Waals surface area contributed by atoms with Gasteiger partial charge in [0.15, 0.2) is 0 Å². The van der Waals surface area contributed by atoms with Gasteiger partial charge < -0.3 is 5.11 Å².